The largest absolute Gasteiger partial charge is 0.272 e. The molecule has 0 bridgehead atoms. The van der Waals surface area contributed by atoms with E-state index in [4.69, 9.17) is 0 Å². The zero-order valence-electron chi connectivity index (χ0n) is 12.0. The van der Waals surface area contributed by atoms with E-state index in [-0.39, 0.29) is 5.69 Å². The van der Waals surface area contributed by atoms with Crippen molar-refractivity contribution in [1.82, 2.24) is 0 Å². The topological polar surface area (TPSA) is 37.4 Å². The van der Waals surface area contributed by atoms with Crippen LogP contribution >= 0.6 is 23.1 Å². The minimum Gasteiger partial charge on any atom is -0.268 e. The first-order valence-electron chi connectivity index (χ1n) is 6.79. The summed E-state index contributed by atoms with van der Waals surface area (Å²) in [5, 5.41) is 1.81. The van der Waals surface area contributed by atoms with Crippen molar-refractivity contribution in [1.29, 1.82) is 0 Å². The summed E-state index contributed by atoms with van der Waals surface area (Å²) in [5.74, 6) is -2.52. The summed E-state index contributed by atoms with van der Waals surface area (Å²) < 4.78 is 26.6. The van der Waals surface area contributed by atoms with Gasteiger partial charge in [-0.15, -0.1) is 23.1 Å². The predicted molar refractivity (Wildman–Crippen MR) is 88.2 cm³/mol. The lowest BCUT2D eigenvalue weighted by atomic mass is 10.2. The van der Waals surface area contributed by atoms with E-state index in [2.05, 4.69) is 0 Å². The van der Waals surface area contributed by atoms with Crippen LogP contribution < -0.4 is 4.90 Å². The molecule has 2 heterocycles. The molecule has 1 aliphatic heterocycles. The monoisotopic (exact) mass is 351 g/mol. The summed E-state index contributed by atoms with van der Waals surface area (Å²) in [4.78, 5) is 27.3. The molecular formula is C16H11F2NO2S2. The Balaban J connectivity index is 2.08. The first-order valence-corrected chi connectivity index (χ1v) is 8.66. The van der Waals surface area contributed by atoms with Gasteiger partial charge in [0, 0.05) is 10.9 Å². The Hall–Kier alpha value is -1.99. The fraction of sp³-hybridized carbons (Fsp3) is 0.125. The molecule has 0 aliphatic carbocycles. The van der Waals surface area contributed by atoms with Gasteiger partial charge in [0.05, 0.1) is 16.2 Å². The van der Waals surface area contributed by atoms with Crippen molar-refractivity contribution in [3.8, 4) is 0 Å². The van der Waals surface area contributed by atoms with Gasteiger partial charge >= 0.3 is 0 Å². The lowest BCUT2D eigenvalue weighted by Crippen LogP contribution is -2.31. The molecule has 3 rings (SSSR count). The summed E-state index contributed by atoms with van der Waals surface area (Å²) in [7, 11) is 0. The third kappa shape index (κ3) is 2.70. The van der Waals surface area contributed by atoms with E-state index in [0.29, 0.717) is 21.1 Å². The smallest absolute Gasteiger partial charge is 0.268 e. The maximum atomic E-state index is 13.5. The Morgan fingerprint density at radius 1 is 1.13 bits per heavy atom. The third-order valence-corrected chi connectivity index (χ3v) is 5.10. The number of hydrogen-bond donors (Lipinski definition) is 0. The van der Waals surface area contributed by atoms with Gasteiger partial charge in [0.15, 0.2) is 11.6 Å². The van der Waals surface area contributed by atoms with Gasteiger partial charge in [-0.1, -0.05) is 13.0 Å². The molecule has 0 spiro atoms. The van der Waals surface area contributed by atoms with E-state index in [1.807, 2.05) is 12.3 Å². The fourth-order valence-corrected chi connectivity index (χ4v) is 3.96. The maximum absolute atomic E-state index is 13.5. The Labute approximate surface area is 139 Å². The zero-order valence-corrected chi connectivity index (χ0v) is 13.6. The van der Waals surface area contributed by atoms with Crippen LogP contribution in [-0.4, -0.2) is 17.6 Å². The molecular weight excluding hydrogens is 340 g/mol. The SMILES string of the molecule is CCSC1=C(c2cccs2)C(=O)N(c2ccc(F)c(F)c2)C1=O. The highest BCUT2D eigenvalue weighted by Crippen LogP contribution is 2.39. The average Bonchev–Trinajstić information content (AvgIpc) is 3.11. The molecule has 118 valence electrons. The molecule has 23 heavy (non-hydrogen) atoms. The molecule has 1 aromatic carbocycles. The quantitative estimate of drug-likeness (QED) is 0.780. The van der Waals surface area contributed by atoms with Crippen LogP contribution in [0.1, 0.15) is 11.8 Å². The molecule has 7 heteroatoms. The van der Waals surface area contributed by atoms with Crippen molar-refractivity contribution in [2.24, 2.45) is 0 Å². The van der Waals surface area contributed by atoms with Gasteiger partial charge in [-0.25, -0.2) is 13.7 Å². The summed E-state index contributed by atoms with van der Waals surface area (Å²) in [6.45, 7) is 1.88. The van der Waals surface area contributed by atoms with E-state index < -0.39 is 23.4 Å². The van der Waals surface area contributed by atoms with Gasteiger partial charge in [-0.3, -0.25) is 9.59 Å². The minimum atomic E-state index is -1.10. The molecule has 0 radical (unpaired) electrons. The molecule has 3 nitrogen and oxygen atoms in total. The number of nitrogens with zero attached hydrogens (tertiary/aromatic N) is 1. The van der Waals surface area contributed by atoms with Gasteiger partial charge in [0.2, 0.25) is 0 Å². The van der Waals surface area contributed by atoms with E-state index in [1.165, 1.54) is 29.2 Å². The number of halogens is 2. The summed E-state index contributed by atoms with van der Waals surface area (Å²) in [6, 6.07) is 6.53. The van der Waals surface area contributed by atoms with Gasteiger partial charge in [-0.2, -0.15) is 0 Å². The van der Waals surface area contributed by atoms with E-state index in [0.717, 1.165) is 17.0 Å². The van der Waals surface area contributed by atoms with E-state index >= 15 is 0 Å². The number of amides is 2. The second-order valence-electron chi connectivity index (χ2n) is 4.66. The number of imide groups is 1. The minimum absolute atomic E-state index is 0.0275. The number of hydrogen-bond acceptors (Lipinski definition) is 4. The second-order valence-corrected chi connectivity index (χ2v) is 6.88. The Bertz CT molecular complexity index is 815. The summed E-state index contributed by atoms with van der Waals surface area (Å²) >= 11 is 2.62. The van der Waals surface area contributed by atoms with Crippen molar-refractivity contribution < 1.29 is 18.4 Å². The van der Waals surface area contributed by atoms with E-state index in [1.54, 1.807) is 12.1 Å². The van der Waals surface area contributed by atoms with Crippen molar-refractivity contribution >= 4 is 46.2 Å². The first kappa shape index (κ1) is 15.9. The number of benzene rings is 1. The van der Waals surface area contributed by atoms with Crippen LogP contribution in [0.15, 0.2) is 40.6 Å². The number of anilines is 1. The highest BCUT2D eigenvalue weighted by atomic mass is 32.2. The molecule has 0 fully saturated rings. The van der Waals surface area contributed by atoms with Crippen LogP contribution in [0.25, 0.3) is 5.57 Å². The predicted octanol–water partition coefficient (Wildman–Crippen LogP) is 4.06. The van der Waals surface area contributed by atoms with Crippen LogP contribution in [-0.2, 0) is 9.59 Å². The molecule has 2 amide bonds. The lowest BCUT2D eigenvalue weighted by molar-refractivity contribution is -0.119. The molecule has 0 unspecified atom stereocenters. The van der Waals surface area contributed by atoms with Gasteiger partial charge < -0.3 is 0 Å². The van der Waals surface area contributed by atoms with Crippen LogP contribution in [0.3, 0.4) is 0 Å². The molecule has 1 aliphatic rings. The Morgan fingerprint density at radius 3 is 2.52 bits per heavy atom. The lowest BCUT2D eigenvalue weighted by Gasteiger charge is -2.15. The number of thioether (sulfide) groups is 1. The van der Waals surface area contributed by atoms with Crippen LogP contribution in [0.2, 0.25) is 0 Å². The van der Waals surface area contributed by atoms with Gasteiger partial charge in [-0.05, 0) is 29.3 Å². The molecule has 2 aromatic rings. The highest BCUT2D eigenvalue weighted by Gasteiger charge is 2.40. The van der Waals surface area contributed by atoms with Crippen molar-refractivity contribution in [3.05, 3.63) is 57.1 Å². The van der Waals surface area contributed by atoms with Crippen LogP contribution in [0.4, 0.5) is 14.5 Å². The van der Waals surface area contributed by atoms with Gasteiger partial charge in [0.1, 0.15) is 0 Å². The van der Waals surface area contributed by atoms with Crippen molar-refractivity contribution in [3.63, 3.8) is 0 Å². The highest BCUT2D eigenvalue weighted by molar-refractivity contribution is 8.04. The molecule has 0 saturated heterocycles. The average molecular weight is 351 g/mol. The number of thiophene rings is 1. The summed E-state index contributed by atoms with van der Waals surface area (Å²) in [5.41, 5.74) is 0.348. The van der Waals surface area contributed by atoms with Crippen molar-refractivity contribution in [2.45, 2.75) is 6.92 Å². The third-order valence-electron chi connectivity index (χ3n) is 3.26. The molecule has 1 aromatic heterocycles. The first-order chi connectivity index (χ1) is 11.0. The molecule has 0 saturated carbocycles. The summed E-state index contributed by atoms with van der Waals surface area (Å²) in [6.07, 6.45) is 0. The van der Waals surface area contributed by atoms with E-state index in [9.17, 15) is 18.4 Å². The van der Waals surface area contributed by atoms with Crippen molar-refractivity contribution in [2.75, 3.05) is 10.7 Å². The fourth-order valence-electron chi connectivity index (χ4n) is 2.28. The number of carbonyl (C=O) groups is 2. The number of rotatable bonds is 4. The normalized spacial score (nSPS) is 15.0. The van der Waals surface area contributed by atoms with Crippen LogP contribution in [0.5, 0.6) is 0 Å². The standard InChI is InChI=1S/C16H11F2NO2S2/c1-2-22-14-13(12-4-3-7-23-12)15(20)19(16(14)21)9-5-6-10(17)11(18)8-9/h3-8H,2H2,1H3. The zero-order chi connectivity index (χ0) is 16.6. The Morgan fingerprint density at radius 2 is 1.91 bits per heavy atom. The second kappa shape index (κ2) is 6.25. The molecule has 0 N–H and O–H groups in total. The maximum Gasteiger partial charge on any atom is 0.272 e. The molecule has 0 atom stereocenters. The van der Waals surface area contributed by atoms with Crippen LogP contribution in [0, 0.1) is 11.6 Å². The van der Waals surface area contributed by atoms with Gasteiger partial charge in [0.25, 0.3) is 11.8 Å². The number of carbonyl (C=O) groups excluding carboxylic acids is 2. The Kier molecular flexibility index (Phi) is 4.32.